The van der Waals surface area contributed by atoms with Gasteiger partial charge in [0.1, 0.15) is 0 Å². The van der Waals surface area contributed by atoms with Crippen LogP contribution >= 0.6 is 0 Å². The first kappa shape index (κ1) is 12.4. The number of ether oxygens (including phenoxy) is 1. The van der Waals surface area contributed by atoms with Gasteiger partial charge in [-0.3, -0.25) is 4.79 Å². The summed E-state index contributed by atoms with van der Waals surface area (Å²) in [7, 11) is 0. The molecule has 5 atom stereocenters. The van der Waals surface area contributed by atoms with Gasteiger partial charge in [0.05, 0.1) is 18.6 Å². The van der Waals surface area contributed by atoms with Crippen molar-refractivity contribution < 1.29 is 14.6 Å². The van der Waals surface area contributed by atoms with Crippen molar-refractivity contribution in [2.45, 2.75) is 19.6 Å². The highest BCUT2D eigenvalue weighted by molar-refractivity contribution is 5.72. The predicted molar refractivity (Wildman–Crippen MR) is 71.4 cm³/mol. The average Bonchev–Trinajstić information content (AvgIpc) is 2.92. The molecule has 0 radical (unpaired) electrons. The molecule has 19 heavy (non-hydrogen) atoms. The van der Waals surface area contributed by atoms with E-state index in [9.17, 15) is 9.90 Å². The van der Waals surface area contributed by atoms with Gasteiger partial charge in [-0.25, -0.2) is 0 Å². The van der Waals surface area contributed by atoms with Gasteiger partial charge in [0, 0.05) is 11.8 Å². The Bertz CT molecular complexity index is 494. The number of carbonyl (C=O) groups is 1. The minimum atomic E-state index is -0.697. The third-order valence-corrected chi connectivity index (χ3v) is 4.47. The lowest BCUT2D eigenvalue weighted by Gasteiger charge is -2.19. The Hall–Kier alpha value is -1.61. The van der Waals surface area contributed by atoms with Crippen molar-refractivity contribution in [3.63, 3.8) is 0 Å². The summed E-state index contributed by atoms with van der Waals surface area (Å²) < 4.78 is 6.00. The number of aliphatic carboxylic acids is 1. The highest BCUT2D eigenvalue weighted by Gasteiger charge is 2.53. The second-order valence-corrected chi connectivity index (χ2v) is 5.52. The van der Waals surface area contributed by atoms with Gasteiger partial charge in [0.15, 0.2) is 0 Å². The summed E-state index contributed by atoms with van der Waals surface area (Å²) in [4.78, 5) is 11.3. The summed E-state index contributed by atoms with van der Waals surface area (Å²) in [6.07, 6.45) is 4.18. The van der Waals surface area contributed by atoms with Crippen LogP contribution in [0.15, 0.2) is 42.5 Å². The second-order valence-electron chi connectivity index (χ2n) is 5.52. The van der Waals surface area contributed by atoms with Crippen LogP contribution in [0.4, 0.5) is 0 Å². The zero-order chi connectivity index (χ0) is 13.4. The first-order valence-corrected chi connectivity index (χ1v) is 6.75. The Balaban J connectivity index is 1.69. The molecule has 0 aliphatic heterocycles. The molecule has 3 nitrogen and oxygen atoms in total. The van der Waals surface area contributed by atoms with Crippen molar-refractivity contribution >= 4 is 5.97 Å². The highest BCUT2D eigenvalue weighted by atomic mass is 16.5. The SMILES string of the molecule is C[C@H]1C2C=CC(C2OCc2ccccc2)[C@@H]1C(=O)O. The molecule has 1 saturated carbocycles. The van der Waals surface area contributed by atoms with E-state index in [0.717, 1.165) is 5.56 Å². The van der Waals surface area contributed by atoms with Gasteiger partial charge < -0.3 is 9.84 Å². The molecule has 0 heterocycles. The molecule has 100 valence electrons. The molecule has 1 N–H and O–H groups in total. The number of rotatable bonds is 4. The lowest BCUT2D eigenvalue weighted by atomic mass is 9.85. The Labute approximate surface area is 112 Å². The van der Waals surface area contributed by atoms with E-state index in [2.05, 4.69) is 6.08 Å². The molecule has 2 bridgehead atoms. The van der Waals surface area contributed by atoms with Crippen LogP contribution in [0, 0.1) is 23.7 Å². The van der Waals surface area contributed by atoms with E-state index >= 15 is 0 Å². The van der Waals surface area contributed by atoms with Crippen LogP contribution in [0.25, 0.3) is 0 Å². The van der Waals surface area contributed by atoms with E-state index in [0.29, 0.717) is 6.61 Å². The zero-order valence-electron chi connectivity index (χ0n) is 10.9. The van der Waals surface area contributed by atoms with Crippen molar-refractivity contribution in [3.05, 3.63) is 48.0 Å². The highest BCUT2D eigenvalue weighted by Crippen LogP contribution is 2.49. The Morgan fingerprint density at radius 1 is 1.21 bits per heavy atom. The molecule has 1 aromatic carbocycles. The molecule has 2 aliphatic rings. The standard InChI is InChI=1S/C16H18O3/c1-10-12-7-8-13(14(10)16(17)18)15(12)19-9-11-5-3-2-4-6-11/h2-8,10,12-15H,9H2,1H3,(H,17,18)/t10-,12?,13?,14+,15?/m0/s1. The van der Waals surface area contributed by atoms with Crippen LogP contribution in [0.2, 0.25) is 0 Å². The summed E-state index contributed by atoms with van der Waals surface area (Å²) in [6, 6.07) is 10.0. The summed E-state index contributed by atoms with van der Waals surface area (Å²) in [5.74, 6) is -0.558. The molecule has 0 amide bonds. The fraction of sp³-hybridized carbons (Fsp3) is 0.438. The second kappa shape index (κ2) is 4.82. The minimum absolute atomic E-state index is 0.0244. The number of hydrogen-bond donors (Lipinski definition) is 1. The Morgan fingerprint density at radius 2 is 1.89 bits per heavy atom. The lowest BCUT2D eigenvalue weighted by molar-refractivity contribution is -0.144. The van der Waals surface area contributed by atoms with Gasteiger partial charge in [-0.1, -0.05) is 49.4 Å². The van der Waals surface area contributed by atoms with Crippen LogP contribution in [-0.4, -0.2) is 17.2 Å². The zero-order valence-corrected chi connectivity index (χ0v) is 10.9. The van der Waals surface area contributed by atoms with Crippen LogP contribution < -0.4 is 0 Å². The van der Waals surface area contributed by atoms with Gasteiger partial charge >= 0.3 is 5.97 Å². The number of fused-ring (bicyclic) bond motifs is 2. The number of carboxylic acids is 1. The topological polar surface area (TPSA) is 46.5 Å². The molecule has 1 aromatic rings. The molecule has 3 unspecified atom stereocenters. The third-order valence-electron chi connectivity index (χ3n) is 4.47. The smallest absolute Gasteiger partial charge is 0.307 e. The number of hydrogen-bond acceptors (Lipinski definition) is 2. The van der Waals surface area contributed by atoms with Gasteiger partial charge in [0.2, 0.25) is 0 Å². The summed E-state index contributed by atoms with van der Waals surface area (Å²) in [6.45, 7) is 2.57. The first-order chi connectivity index (χ1) is 9.18. The van der Waals surface area contributed by atoms with Crippen molar-refractivity contribution in [3.8, 4) is 0 Å². The van der Waals surface area contributed by atoms with Crippen molar-refractivity contribution in [2.24, 2.45) is 23.7 Å². The maximum absolute atomic E-state index is 11.3. The Morgan fingerprint density at radius 3 is 2.53 bits per heavy atom. The molecule has 1 fully saturated rings. The van der Waals surface area contributed by atoms with E-state index in [-0.39, 0.29) is 29.8 Å². The van der Waals surface area contributed by atoms with Gasteiger partial charge in [-0.05, 0) is 11.5 Å². The van der Waals surface area contributed by atoms with Crippen molar-refractivity contribution in [2.75, 3.05) is 0 Å². The predicted octanol–water partition coefficient (Wildman–Crippen LogP) is 2.72. The van der Waals surface area contributed by atoms with Gasteiger partial charge in [0.25, 0.3) is 0 Å². The molecule has 2 aliphatic carbocycles. The van der Waals surface area contributed by atoms with Crippen LogP contribution in [-0.2, 0) is 16.1 Å². The Kier molecular flexibility index (Phi) is 3.15. The molecule has 3 heteroatoms. The van der Waals surface area contributed by atoms with E-state index < -0.39 is 5.97 Å². The summed E-state index contributed by atoms with van der Waals surface area (Å²) in [5.41, 5.74) is 1.13. The summed E-state index contributed by atoms with van der Waals surface area (Å²) in [5, 5.41) is 9.32. The maximum atomic E-state index is 11.3. The van der Waals surface area contributed by atoms with E-state index in [1.807, 2.05) is 43.3 Å². The van der Waals surface area contributed by atoms with E-state index in [4.69, 9.17) is 4.74 Å². The van der Waals surface area contributed by atoms with Gasteiger partial charge in [-0.15, -0.1) is 0 Å². The molecular weight excluding hydrogens is 240 g/mol. The lowest BCUT2D eigenvalue weighted by Crippen LogP contribution is -2.26. The normalized spacial score (nSPS) is 35.7. The van der Waals surface area contributed by atoms with Crippen LogP contribution in [0.1, 0.15) is 12.5 Å². The molecule has 0 spiro atoms. The molecule has 0 aromatic heterocycles. The summed E-state index contributed by atoms with van der Waals surface area (Å²) >= 11 is 0. The van der Waals surface area contributed by atoms with Crippen LogP contribution in [0.3, 0.4) is 0 Å². The maximum Gasteiger partial charge on any atom is 0.307 e. The van der Waals surface area contributed by atoms with E-state index in [1.54, 1.807) is 0 Å². The largest absolute Gasteiger partial charge is 0.481 e. The molecule has 0 saturated heterocycles. The van der Waals surface area contributed by atoms with Crippen LogP contribution in [0.5, 0.6) is 0 Å². The molecule has 3 rings (SSSR count). The van der Waals surface area contributed by atoms with Gasteiger partial charge in [-0.2, -0.15) is 0 Å². The average molecular weight is 258 g/mol. The third kappa shape index (κ3) is 2.08. The molecular formula is C16H18O3. The monoisotopic (exact) mass is 258 g/mol. The van der Waals surface area contributed by atoms with E-state index in [1.165, 1.54) is 0 Å². The van der Waals surface area contributed by atoms with Crippen molar-refractivity contribution in [1.29, 1.82) is 0 Å². The number of carboxylic acid groups (broad SMARTS) is 1. The fourth-order valence-electron chi connectivity index (χ4n) is 3.50. The number of benzene rings is 1. The first-order valence-electron chi connectivity index (χ1n) is 6.75. The quantitative estimate of drug-likeness (QED) is 0.845. The fourth-order valence-corrected chi connectivity index (χ4v) is 3.50. The van der Waals surface area contributed by atoms with Crippen molar-refractivity contribution in [1.82, 2.24) is 0 Å². The minimum Gasteiger partial charge on any atom is -0.481 e.